The van der Waals surface area contributed by atoms with Crippen molar-refractivity contribution in [1.82, 2.24) is 4.98 Å². The van der Waals surface area contributed by atoms with Crippen LogP contribution in [-0.2, 0) is 9.59 Å². The van der Waals surface area contributed by atoms with Crippen LogP contribution in [0.3, 0.4) is 0 Å². The van der Waals surface area contributed by atoms with Crippen LogP contribution in [0.15, 0.2) is 54.1 Å². The summed E-state index contributed by atoms with van der Waals surface area (Å²) in [6.07, 6.45) is 3.00. The molecule has 2 aromatic carbocycles. The summed E-state index contributed by atoms with van der Waals surface area (Å²) in [6, 6.07) is 13.7. The number of thiazole rings is 1. The van der Waals surface area contributed by atoms with E-state index in [0.29, 0.717) is 12.1 Å². The first-order valence-electron chi connectivity index (χ1n) is 9.59. The van der Waals surface area contributed by atoms with Crippen molar-refractivity contribution in [2.45, 2.75) is 26.7 Å². The molecular formula is C23H22N2O3S. The van der Waals surface area contributed by atoms with Gasteiger partial charge in [-0.05, 0) is 68.7 Å². The zero-order chi connectivity index (χ0) is 20.5. The van der Waals surface area contributed by atoms with Crippen LogP contribution in [0.1, 0.15) is 25.3 Å². The SMILES string of the molecule is CC1=C[C@H](C(=O)Nc2ccc(-c3nc4ccc(C)cc4s3)cc2)[C@@H](C(=O)O)CC1. The van der Waals surface area contributed by atoms with Gasteiger partial charge in [-0.3, -0.25) is 9.59 Å². The molecule has 0 unspecified atom stereocenters. The normalized spacial score (nSPS) is 19.0. The molecule has 2 N–H and O–H groups in total. The van der Waals surface area contributed by atoms with E-state index in [-0.39, 0.29) is 5.91 Å². The third-order valence-corrected chi connectivity index (χ3v) is 6.38. The molecule has 5 nitrogen and oxygen atoms in total. The fraction of sp³-hybridized carbons (Fsp3) is 0.261. The number of aromatic nitrogens is 1. The number of hydrogen-bond acceptors (Lipinski definition) is 4. The second kappa shape index (κ2) is 7.79. The predicted octanol–water partition coefficient (Wildman–Crippen LogP) is 5.27. The topological polar surface area (TPSA) is 79.3 Å². The van der Waals surface area contributed by atoms with Crippen molar-refractivity contribution in [1.29, 1.82) is 0 Å². The molecule has 1 aliphatic carbocycles. The summed E-state index contributed by atoms with van der Waals surface area (Å²) < 4.78 is 1.15. The minimum Gasteiger partial charge on any atom is -0.481 e. The lowest BCUT2D eigenvalue weighted by molar-refractivity contribution is -0.145. The molecule has 0 bridgehead atoms. The molecule has 148 valence electrons. The van der Waals surface area contributed by atoms with Gasteiger partial charge in [-0.2, -0.15) is 0 Å². The first kappa shape index (κ1) is 19.3. The first-order valence-corrected chi connectivity index (χ1v) is 10.4. The summed E-state index contributed by atoms with van der Waals surface area (Å²) in [5.74, 6) is -2.52. The van der Waals surface area contributed by atoms with E-state index in [2.05, 4.69) is 29.4 Å². The van der Waals surface area contributed by atoms with E-state index in [1.165, 1.54) is 5.56 Å². The molecule has 1 amide bonds. The lowest BCUT2D eigenvalue weighted by Crippen LogP contribution is -2.34. The van der Waals surface area contributed by atoms with Crippen LogP contribution in [0.2, 0.25) is 0 Å². The Labute approximate surface area is 173 Å². The number of aliphatic carboxylic acids is 1. The molecule has 1 aromatic heterocycles. The van der Waals surface area contributed by atoms with Crippen LogP contribution in [0.4, 0.5) is 5.69 Å². The Kier molecular flexibility index (Phi) is 5.20. The highest BCUT2D eigenvalue weighted by Crippen LogP contribution is 2.32. The van der Waals surface area contributed by atoms with Gasteiger partial charge in [0, 0.05) is 11.3 Å². The number of fused-ring (bicyclic) bond motifs is 1. The van der Waals surface area contributed by atoms with Crippen molar-refractivity contribution < 1.29 is 14.7 Å². The van der Waals surface area contributed by atoms with Crippen LogP contribution in [0.5, 0.6) is 0 Å². The van der Waals surface area contributed by atoms with Gasteiger partial charge in [0.1, 0.15) is 5.01 Å². The van der Waals surface area contributed by atoms with Crippen molar-refractivity contribution in [3.63, 3.8) is 0 Å². The Morgan fingerprint density at radius 1 is 1.14 bits per heavy atom. The van der Waals surface area contributed by atoms with Crippen molar-refractivity contribution in [2.75, 3.05) is 5.32 Å². The van der Waals surface area contributed by atoms with Gasteiger partial charge in [-0.1, -0.05) is 17.7 Å². The lowest BCUT2D eigenvalue weighted by atomic mass is 9.80. The van der Waals surface area contributed by atoms with Crippen molar-refractivity contribution in [3.8, 4) is 10.6 Å². The molecule has 2 atom stereocenters. The van der Waals surface area contributed by atoms with Crippen LogP contribution < -0.4 is 5.32 Å². The molecule has 3 aromatic rings. The summed E-state index contributed by atoms with van der Waals surface area (Å²) >= 11 is 1.64. The Bertz CT molecular complexity index is 1110. The molecule has 4 rings (SSSR count). The number of nitrogens with one attached hydrogen (secondary N) is 1. The molecule has 1 heterocycles. The van der Waals surface area contributed by atoms with Gasteiger partial charge in [0.2, 0.25) is 5.91 Å². The van der Waals surface area contributed by atoms with Crippen molar-refractivity contribution in [2.24, 2.45) is 11.8 Å². The Morgan fingerprint density at radius 2 is 1.90 bits per heavy atom. The monoisotopic (exact) mass is 406 g/mol. The number of aryl methyl sites for hydroxylation is 1. The van der Waals surface area contributed by atoms with Crippen molar-refractivity contribution >= 4 is 39.1 Å². The van der Waals surface area contributed by atoms with Gasteiger partial charge in [-0.15, -0.1) is 11.3 Å². The molecule has 1 aliphatic rings. The Morgan fingerprint density at radius 3 is 2.62 bits per heavy atom. The second-order valence-corrected chi connectivity index (χ2v) is 8.61. The summed E-state index contributed by atoms with van der Waals surface area (Å²) in [5, 5.41) is 13.2. The number of carboxylic acid groups (broad SMARTS) is 1. The van der Waals surface area contributed by atoms with Gasteiger partial charge in [0.25, 0.3) is 0 Å². The van der Waals surface area contributed by atoms with Gasteiger partial charge < -0.3 is 10.4 Å². The fourth-order valence-electron chi connectivity index (χ4n) is 3.68. The maximum absolute atomic E-state index is 12.7. The van der Waals surface area contributed by atoms with Gasteiger partial charge in [0.05, 0.1) is 22.1 Å². The number of allylic oxidation sites excluding steroid dienone is 1. The highest BCUT2D eigenvalue weighted by molar-refractivity contribution is 7.21. The molecule has 0 fully saturated rings. The number of anilines is 1. The standard InChI is InChI=1S/C23H22N2O3S/c1-13-3-9-17(23(27)28)18(11-13)21(26)24-16-7-5-15(6-8-16)22-25-19-10-4-14(2)12-20(19)29-22/h4-8,10-12,17-18H,3,9H2,1-2H3,(H,24,26)(H,27,28)/t17-,18-/m0/s1. The van der Waals surface area contributed by atoms with Crippen LogP contribution >= 0.6 is 11.3 Å². The Balaban J connectivity index is 1.52. The minimum atomic E-state index is -0.921. The average molecular weight is 407 g/mol. The number of benzene rings is 2. The molecule has 0 radical (unpaired) electrons. The number of carboxylic acids is 1. The quantitative estimate of drug-likeness (QED) is 0.579. The largest absolute Gasteiger partial charge is 0.481 e. The smallest absolute Gasteiger partial charge is 0.307 e. The predicted molar refractivity (Wildman–Crippen MR) is 116 cm³/mol. The highest BCUT2D eigenvalue weighted by atomic mass is 32.1. The van der Waals surface area contributed by atoms with Crippen LogP contribution in [-0.4, -0.2) is 22.0 Å². The van der Waals surface area contributed by atoms with Gasteiger partial charge in [0.15, 0.2) is 0 Å². The molecule has 29 heavy (non-hydrogen) atoms. The number of hydrogen-bond donors (Lipinski definition) is 2. The van der Waals surface area contributed by atoms with Gasteiger partial charge >= 0.3 is 5.97 Å². The maximum Gasteiger partial charge on any atom is 0.307 e. The van der Waals surface area contributed by atoms with E-state index in [9.17, 15) is 14.7 Å². The third-order valence-electron chi connectivity index (χ3n) is 5.31. The number of amides is 1. The minimum absolute atomic E-state index is 0.278. The van der Waals surface area contributed by atoms with Crippen LogP contribution in [0.25, 0.3) is 20.8 Å². The first-order chi connectivity index (χ1) is 13.9. The highest BCUT2D eigenvalue weighted by Gasteiger charge is 2.34. The number of nitrogens with zero attached hydrogens (tertiary/aromatic N) is 1. The summed E-state index contributed by atoms with van der Waals surface area (Å²) in [6.45, 7) is 4.00. The number of carbonyl (C=O) groups excluding carboxylic acids is 1. The zero-order valence-corrected chi connectivity index (χ0v) is 17.1. The molecular weight excluding hydrogens is 384 g/mol. The number of carbonyl (C=O) groups is 2. The maximum atomic E-state index is 12.7. The third kappa shape index (κ3) is 4.07. The van der Waals surface area contributed by atoms with E-state index >= 15 is 0 Å². The fourth-order valence-corrected chi connectivity index (χ4v) is 4.75. The number of rotatable bonds is 4. The molecule has 0 saturated heterocycles. The molecule has 0 saturated carbocycles. The van der Waals surface area contributed by atoms with E-state index in [0.717, 1.165) is 32.8 Å². The van der Waals surface area contributed by atoms with E-state index in [1.807, 2.05) is 37.3 Å². The summed E-state index contributed by atoms with van der Waals surface area (Å²) in [7, 11) is 0. The van der Waals surface area contributed by atoms with E-state index in [1.54, 1.807) is 17.4 Å². The molecule has 0 spiro atoms. The zero-order valence-electron chi connectivity index (χ0n) is 16.3. The Hall–Kier alpha value is -2.99. The summed E-state index contributed by atoms with van der Waals surface area (Å²) in [4.78, 5) is 28.9. The van der Waals surface area contributed by atoms with Crippen LogP contribution in [0, 0.1) is 18.8 Å². The average Bonchev–Trinajstić information content (AvgIpc) is 3.11. The van der Waals surface area contributed by atoms with Crippen molar-refractivity contribution in [3.05, 3.63) is 59.7 Å². The molecule has 6 heteroatoms. The molecule has 0 aliphatic heterocycles. The second-order valence-electron chi connectivity index (χ2n) is 7.58. The van der Waals surface area contributed by atoms with E-state index < -0.39 is 17.8 Å². The summed E-state index contributed by atoms with van der Waals surface area (Å²) in [5.41, 5.74) is 4.88. The van der Waals surface area contributed by atoms with E-state index in [4.69, 9.17) is 0 Å². The van der Waals surface area contributed by atoms with Gasteiger partial charge in [-0.25, -0.2) is 4.98 Å². The lowest BCUT2D eigenvalue weighted by Gasteiger charge is -2.25.